The van der Waals surface area contributed by atoms with Crippen LogP contribution < -0.4 is 4.74 Å². The molecule has 5 aromatic carbocycles. The van der Waals surface area contributed by atoms with Crippen molar-refractivity contribution in [2.75, 3.05) is 0 Å². The molecule has 0 spiro atoms. The third-order valence-corrected chi connectivity index (χ3v) is 5.69. The molecule has 0 heterocycles. The van der Waals surface area contributed by atoms with Crippen LogP contribution in [0.15, 0.2) is 97.1 Å². The lowest BCUT2D eigenvalue weighted by Crippen LogP contribution is -2.00. The van der Waals surface area contributed by atoms with E-state index in [4.69, 9.17) is 4.74 Å². The second kappa shape index (κ2) is 7.57. The summed E-state index contributed by atoms with van der Waals surface area (Å²) in [4.78, 5) is 0. The number of aryl methyl sites for hydroxylation is 1. The molecule has 5 aromatic rings. The molecule has 0 radical (unpaired) electrons. The molecule has 0 fully saturated rings. The summed E-state index contributed by atoms with van der Waals surface area (Å²) in [5.41, 5.74) is 4.09. The molecule has 0 amide bonds. The van der Waals surface area contributed by atoms with Crippen molar-refractivity contribution in [1.82, 2.24) is 0 Å². The Hall–Kier alpha value is -3.78. The number of benzene rings is 5. The number of rotatable bonds is 4. The number of hydrogen-bond donors (Lipinski definition) is 1. The quantitative estimate of drug-likeness (QED) is 0.350. The van der Waals surface area contributed by atoms with E-state index in [0.29, 0.717) is 6.61 Å². The predicted octanol–water partition coefficient (Wildman–Crippen LogP) is 7.25. The monoisotopic (exact) mass is 390 g/mol. The van der Waals surface area contributed by atoms with Gasteiger partial charge in [0.15, 0.2) is 0 Å². The smallest absolute Gasteiger partial charge is 0.128 e. The van der Waals surface area contributed by atoms with E-state index in [1.165, 1.54) is 5.56 Å². The Bertz CT molecular complexity index is 1370. The first-order valence-corrected chi connectivity index (χ1v) is 10.1. The zero-order valence-corrected chi connectivity index (χ0v) is 16.8. The molecular weight excluding hydrogens is 368 g/mol. The first kappa shape index (κ1) is 18.3. The van der Waals surface area contributed by atoms with Crippen LogP contribution in [0, 0.1) is 6.92 Å². The molecule has 0 saturated heterocycles. The molecule has 0 bridgehead atoms. The molecule has 2 heteroatoms. The van der Waals surface area contributed by atoms with Gasteiger partial charge >= 0.3 is 0 Å². The van der Waals surface area contributed by atoms with Gasteiger partial charge in [-0.05, 0) is 51.7 Å². The Morgan fingerprint density at radius 3 is 1.97 bits per heavy atom. The highest BCUT2D eigenvalue weighted by Gasteiger charge is 2.18. The minimum Gasteiger partial charge on any atom is -0.507 e. The highest BCUT2D eigenvalue weighted by atomic mass is 16.5. The molecule has 5 rings (SSSR count). The summed E-state index contributed by atoms with van der Waals surface area (Å²) in [5, 5.41) is 15.2. The molecule has 2 nitrogen and oxygen atoms in total. The van der Waals surface area contributed by atoms with Gasteiger partial charge in [0, 0.05) is 11.1 Å². The molecule has 1 N–H and O–H groups in total. The van der Waals surface area contributed by atoms with Crippen LogP contribution in [0.2, 0.25) is 0 Å². The second-order valence-corrected chi connectivity index (χ2v) is 7.56. The number of aromatic hydroxyl groups is 1. The average molecular weight is 390 g/mol. The maximum absolute atomic E-state index is 10.9. The van der Waals surface area contributed by atoms with Crippen molar-refractivity contribution in [1.29, 1.82) is 0 Å². The molecule has 0 saturated carbocycles. The summed E-state index contributed by atoms with van der Waals surface area (Å²) >= 11 is 0. The van der Waals surface area contributed by atoms with Crippen LogP contribution in [0.1, 0.15) is 11.1 Å². The Morgan fingerprint density at radius 1 is 0.633 bits per heavy atom. The summed E-state index contributed by atoms with van der Waals surface area (Å²) in [6.07, 6.45) is 0. The lowest BCUT2D eigenvalue weighted by atomic mass is 9.92. The Balaban J connectivity index is 1.74. The van der Waals surface area contributed by atoms with Crippen LogP contribution in [0.3, 0.4) is 0 Å². The minimum absolute atomic E-state index is 0.255. The van der Waals surface area contributed by atoms with E-state index < -0.39 is 0 Å². The van der Waals surface area contributed by atoms with Gasteiger partial charge in [0.1, 0.15) is 18.1 Å². The van der Waals surface area contributed by atoms with Gasteiger partial charge in [0.2, 0.25) is 0 Å². The number of phenolic OH excluding ortho intramolecular Hbond substituents is 1. The predicted molar refractivity (Wildman–Crippen MR) is 124 cm³/mol. The van der Waals surface area contributed by atoms with Gasteiger partial charge in [-0.25, -0.2) is 0 Å². The largest absolute Gasteiger partial charge is 0.507 e. The minimum atomic E-state index is 0.255. The number of ether oxygens (including phenoxy) is 1. The average Bonchev–Trinajstić information content (AvgIpc) is 2.78. The normalized spacial score (nSPS) is 11.1. The highest BCUT2D eigenvalue weighted by molar-refractivity contribution is 6.09. The van der Waals surface area contributed by atoms with E-state index in [-0.39, 0.29) is 5.75 Å². The van der Waals surface area contributed by atoms with Gasteiger partial charge < -0.3 is 9.84 Å². The van der Waals surface area contributed by atoms with E-state index in [1.54, 1.807) is 6.07 Å². The van der Waals surface area contributed by atoms with Crippen LogP contribution in [0.25, 0.3) is 32.7 Å². The molecule has 0 atom stereocenters. The molecule has 146 valence electrons. The fraction of sp³-hybridized carbons (Fsp3) is 0.0714. The Morgan fingerprint density at radius 2 is 1.23 bits per heavy atom. The van der Waals surface area contributed by atoms with E-state index in [0.717, 1.165) is 44.0 Å². The Labute approximate surface area is 176 Å². The molecule has 30 heavy (non-hydrogen) atoms. The van der Waals surface area contributed by atoms with Crippen LogP contribution in [-0.4, -0.2) is 5.11 Å². The molecule has 0 aliphatic carbocycles. The van der Waals surface area contributed by atoms with Crippen LogP contribution in [0.5, 0.6) is 11.5 Å². The van der Waals surface area contributed by atoms with Gasteiger partial charge in [-0.15, -0.1) is 0 Å². The van der Waals surface area contributed by atoms with Crippen LogP contribution in [-0.2, 0) is 6.61 Å². The van der Waals surface area contributed by atoms with Gasteiger partial charge in [0.25, 0.3) is 0 Å². The third-order valence-electron chi connectivity index (χ3n) is 5.69. The van der Waals surface area contributed by atoms with Crippen molar-refractivity contribution < 1.29 is 9.84 Å². The number of fused-ring (bicyclic) bond motifs is 2. The van der Waals surface area contributed by atoms with Crippen LogP contribution in [0.4, 0.5) is 0 Å². The van der Waals surface area contributed by atoms with Crippen molar-refractivity contribution in [2.45, 2.75) is 13.5 Å². The van der Waals surface area contributed by atoms with E-state index in [9.17, 15) is 5.11 Å². The summed E-state index contributed by atoms with van der Waals surface area (Å²) in [7, 11) is 0. The van der Waals surface area contributed by atoms with Crippen molar-refractivity contribution in [3.05, 3.63) is 108 Å². The fourth-order valence-electron chi connectivity index (χ4n) is 4.08. The zero-order valence-electron chi connectivity index (χ0n) is 16.8. The lowest BCUT2D eigenvalue weighted by molar-refractivity contribution is 0.307. The summed E-state index contributed by atoms with van der Waals surface area (Å²) in [6, 6.07) is 32.4. The molecule has 0 unspecified atom stereocenters. The zero-order chi connectivity index (χ0) is 20.5. The molecular formula is C28H22O2. The first-order chi connectivity index (χ1) is 14.7. The number of hydrogen-bond acceptors (Lipinski definition) is 2. The Kier molecular flexibility index (Phi) is 4.61. The molecule has 0 aliphatic rings. The molecule has 0 aromatic heterocycles. The van der Waals surface area contributed by atoms with Crippen LogP contribution >= 0.6 is 0 Å². The van der Waals surface area contributed by atoms with E-state index in [1.807, 2.05) is 48.5 Å². The third kappa shape index (κ3) is 3.17. The first-order valence-electron chi connectivity index (χ1n) is 10.1. The van der Waals surface area contributed by atoms with E-state index in [2.05, 4.69) is 49.4 Å². The van der Waals surface area contributed by atoms with Gasteiger partial charge in [-0.3, -0.25) is 0 Å². The fourth-order valence-corrected chi connectivity index (χ4v) is 4.08. The SMILES string of the molecule is Cc1ccccc1COc1ccc2ccccc2c1-c1c(O)ccc2ccccc12. The van der Waals surface area contributed by atoms with Crippen molar-refractivity contribution in [3.63, 3.8) is 0 Å². The topological polar surface area (TPSA) is 29.5 Å². The number of phenols is 1. The van der Waals surface area contributed by atoms with Gasteiger partial charge in [-0.2, -0.15) is 0 Å². The standard InChI is InChI=1S/C28H22O2/c1-19-8-2-3-11-22(19)18-30-26-17-15-21-10-5-7-13-24(21)28(26)27-23-12-6-4-9-20(23)14-16-25(27)29/h2-17,29H,18H2,1H3. The molecule has 0 aliphatic heterocycles. The maximum Gasteiger partial charge on any atom is 0.128 e. The lowest BCUT2D eigenvalue weighted by Gasteiger charge is -2.18. The van der Waals surface area contributed by atoms with Gasteiger partial charge in [0.05, 0.1) is 0 Å². The summed E-state index contributed by atoms with van der Waals surface area (Å²) < 4.78 is 6.36. The summed E-state index contributed by atoms with van der Waals surface area (Å²) in [6.45, 7) is 2.57. The van der Waals surface area contributed by atoms with Crippen molar-refractivity contribution in [3.8, 4) is 22.6 Å². The summed E-state index contributed by atoms with van der Waals surface area (Å²) in [5.74, 6) is 1.02. The van der Waals surface area contributed by atoms with Crippen molar-refractivity contribution in [2.24, 2.45) is 0 Å². The maximum atomic E-state index is 10.9. The van der Waals surface area contributed by atoms with Gasteiger partial charge in [-0.1, -0.05) is 84.9 Å². The highest BCUT2D eigenvalue weighted by Crippen LogP contribution is 2.45. The van der Waals surface area contributed by atoms with E-state index >= 15 is 0 Å². The van der Waals surface area contributed by atoms with Crippen molar-refractivity contribution >= 4 is 21.5 Å². The second-order valence-electron chi connectivity index (χ2n) is 7.56.